The number of hydrogen-bond donors (Lipinski definition) is 1. The third-order valence-corrected chi connectivity index (χ3v) is 3.58. The highest BCUT2D eigenvalue weighted by molar-refractivity contribution is 5.64. The van der Waals surface area contributed by atoms with Gasteiger partial charge in [0.2, 0.25) is 0 Å². The second-order valence-corrected chi connectivity index (χ2v) is 4.53. The maximum Gasteiger partial charge on any atom is 0.0447 e. The highest BCUT2D eigenvalue weighted by Crippen LogP contribution is 2.36. The maximum absolute atomic E-state index is 3.32. The molecule has 15 heavy (non-hydrogen) atoms. The molecule has 0 bridgehead atoms. The van der Waals surface area contributed by atoms with Crippen molar-refractivity contribution in [3.05, 3.63) is 29.3 Å². The number of fused-ring (bicyclic) bond motifs is 1. The first-order valence-electron chi connectivity index (χ1n) is 5.67. The summed E-state index contributed by atoms with van der Waals surface area (Å²) >= 11 is 0. The van der Waals surface area contributed by atoms with Crippen molar-refractivity contribution in [3.63, 3.8) is 0 Å². The van der Waals surface area contributed by atoms with Crippen LogP contribution in [0.15, 0.2) is 18.2 Å². The second-order valence-electron chi connectivity index (χ2n) is 4.53. The Kier molecular flexibility index (Phi) is 2.70. The molecule has 82 valence electrons. The number of nitrogens with zero attached hydrogens (tertiary/aromatic N) is 1. The van der Waals surface area contributed by atoms with E-state index < -0.39 is 0 Å². The lowest BCUT2D eigenvalue weighted by atomic mass is 10.0. The molecule has 0 saturated heterocycles. The van der Waals surface area contributed by atoms with E-state index in [2.05, 4.69) is 49.3 Å². The summed E-state index contributed by atoms with van der Waals surface area (Å²) in [6.45, 7) is 4.50. The predicted octanol–water partition coefficient (Wildman–Crippen LogP) is 2.35. The van der Waals surface area contributed by atoms with E-state index >= 15 is 0 Å². The average molecular weight is 204 g/mol. The standard InChI is InChI=1S/C13H20N2/c1-9-8-11-6-5-7-12(10(2)14-3)13(11)15(9)4/h5-7,9-10,14H,8H2,1-4H3. The van der Waals surface area contributed by atoms with Gasteiger partial charge in [0, 0.05) is 24.8 Å². The molecule has 2 nitrogen and oxygen atoms in total. The van der Waals surface area contributed by atoms with Gasteiger partial charge >= 0.3 is 0 Å². The van der Waals surface area contributed by atoms with Crippen molar-refractivity contribution in [1.29, 1.82) is 0 Å². The van der Waals surface area contributed by atoms with Crippen LogP contribution in [-0.2, 0) is 6.42 Å². The van der Waals surface area contributed by atoms with Crippen molar-refractivity contribution in [1.82, 2.24) is 5.32 Å². The summed E-state index contributed by atoms with van der Waals surface area (Å²) < 4.78 is 0. The molecule has 1 aliphatic rings. The topological polar surface area (TPSA) is 15.3 Å². The van der Waals surface area contributed by atoms with E-state index in [1.54, 1.807) is 0 Å². The van der Waals surface area contributed by atoms with Crippen LogP contribution in [0, 0.1) is 0 Å². The summed E-state index contributed by atoms with van der Waals surface area (Å²) in [7, 11) is 4.21. The van der Waals surface area contributed by atoms with E-state index in [0.717, 1.165) is 0 Å². The molecule has 1 aromatic rings. The fraction of sp³-hybridized carbons (Fsp3) is 0.538. The van der Waals surface area contributed by atoms with Gasteiger partial charge in [0.15, 0.2) is 0 Å². The molecule has 0 aliphatic carbocycles. The van der Waals surface area contributed by atoms with E-state index in [9.17, 15) is 0 Å². The Morgan fingerprint density at radius 2 is 2.20 bits per heavy atom. The number of nitrogens with one attached hydrogen (secondary N) is 1. The van der Waals surface area contributed by atoms with Gasteiger partial charge < -0.3 is 10.2 Å². The third kappa shape index (κ3) is 1.63. The molecule has 1 aromatic carbocycles. The quantitative estimate of drug-likeness (QED) is 0.795. The largest absolute Gasteiger partial charge is 0.371 e. The van der Waals surface area contributed by atoms with Gasteiger partial charge in [-0.25, -0.2) is 0 Å². The van der Waals surface area contributed by atoms with Gasteiger partial charge in [-0.2, -0.15) is 0 Å². The zero-order valence-electron chi connectivity index (χ0n) is 10.0. The molecule has 1 N–H and O–H groups in total. The van der Waals surface area contributed by atoms with E-state index in [0.29, 0.717) is 12.1 Å². The van der Waals surface area contributed by atoms with E-state index in [-0.39, 0.29) is 0 Å². The first-order valence-corrected chi connectivity index (χ1v) is 5.67. The van der Waals surface area contributed by atoms with Crippen LogP contribution in [0.3, 0.4) is 0 Å². The molecule has 0 spiro atoms. The first-order chi connectivity index (χ1) is 7.15. The van der Waals surface area contributed by atoms with Gasteiger partial charge in [0.05, 0.1) is 0 Å². The Morgan fingerprint density at radius 1 is 1.47 bits per heavy atom. The number of para-hydroxylation sites is 1. The Morgan fingerprint density at radius 3 is 2.87 bits per heavy atom. The van der Waals surface area contributed by atoms with Crippen LogP contribution >= 0.6 is 0 Å². The number of benzene rings is 1. The van der Waals surface area contributed by atoms with Crippen LogP contribution in [0.2, 0.25) is 0 Å². The summed E-state index contributed by atoms with van der Waals surface area (Å²) in [5, 5.41) is 3.32. The van der Waals surface area contributed by atoms with Gasteiger partial charge in [-0.1, -0.05) is 18.2 Å². The van der Waals surface area contributed by atoms with Crippen molar-refractivity contribution in [2.24, 2.45) is 0 Å². The molecule has 2 heteroatoms. The molecule has 0 aromatic heterocycles. The zero-order valence-corrected chi connectivity index (χ0v) is 10.0. The van der Waals surface area contributed by atoms with Crippen LogP contribution in [-0.4, -0.2) is 20.1 Å². The molecular weight excluding hydrogens is 184 g/mol. The van der Waals surface area contributed by atoms with Crippen molar-refractivity contribution in [3.8, 4) is 0 Å². The molecule has 0 saturated carbocycles. The second kappa shape index (κ2) is 3.86. The Hall–Kier alpha value is -1.02. The molecular formula is C13H20N2. The molecule has 0 radical (unpaired) electrons. The monoisotopic (exact) mass is 204 g/mol. The highest BCUT2D eigenvalue weighted by atomic mass is 15.2. The van der Waals surface area contributed by atoms with Crippen LogP contribution in [0.4, 0.5) is 5.69 Å². The minimum absolute atomic E-state index is 0.424. The lowest BCUT2D eigenvalue weighted by molar-refractivity contribution is 0.648. The number of rotatable bonds is 2. The van der Waals surface area contributed by atoms with Crippen LogP contribution in [0.5, 0.6) is 0 Å². The Bertz CT molecular complexity index is 360. The van der Waals surface area contributed by atoms with Gasteiger partial charge in [0.25, 0.3) is 0 Å². The molecule has 0 fully saturated rings. The van der Waals surface area contributed by atoms with E-state index in [1.807, 2.05) is 7.05 Å². The van der Waals surface area contributed by atoms with Crippen LogP contribution < -0.4 is 10.2 Å². The van der Waals surface area contributed by atoms with E-state index in [4.69, 9.17) is 0 Å². The van der Waals surface area contributed by atoms with Gasteiger partial charge in [-0.15, -0.1) is 0 Å². The van der Waals surface area contributed by atoms with E-state index in [1.165, 1.54) is 23.2 Å². The molecule has 2 unspecified atom stereocenters. The molecule has 2 rings (SSSR count). The summed E-state index contributed by atoms with van der Waals surface area (Å²) in [5.41, 5.74) is 4.35. The van der Waals surface area contributed by atoms with Gasteiger partial charge in [-0.3, -0.25) is 0 Å². The minimum atomic E-state index is 0.424. The van der Waals surface area contributed by atoms with Crippen LogP contribution in [0.1, 0.15) is 31.0 Å². The van der Waals surface area contributed by atoms with Crippen molar-refractivity contribution in [2.45, 2.75) is 32.4 Å². The number of hydrogen-bond acceptors (Lipinski definition) is 2. The zero-order chi connectivity index (χ0) is 11.0. The predicted molar refractivity (Wildman–Crippen MR) is 65.5 cm³/mol. The fourth-order valence-corrected chi connectivity index (χ4v) is 2.39. The summed E-state index contributed by atoms with van der Waals surface area (Å²) in [5.74, 6) is 0. The Balaban J connectivity index is 2.47. The normalized spacial score (nSPS) is 21.6. The molecule has 1 aliphatic heterocycles. The summed E-state index contributed by atoms with van der Waals surface area (Å²) in [6.07, 6.45) is 1.18. The smallest absolute Gasteiger partial charge is 0.0447 e. The molecule has 0 amide bonds. The van der Waals surface area contributed by atoms with Crippen molar-refractivity contribution in [2.75, 3.05) is 19.0 Å². The number of likely N-dealkylation sites (N-methyl/N-ethyl adjacent to an activating group) is 1. The molecule has 1 heterocycles. The minimum Gasteiger partial charge on any atom is -0.371 e. The highest BCUT2D eigenvalue weighted by Gasteiger charge is 2.26. The molecule has 2 atom stereocenters. The SMILES string of the molecule is CNC(C)c1cccc2c1N(C)C(C)C2. The summed E-state index contributed by atoms with van der Waals surface area (Å²) in [6, 6.07) is 7.71. The van der Waals surface area contributed by atoms with Crippen LogP contribution in [0.25, 0.3) is 0 Å². The van der Waals surface area contributed by atoms with Gasteiger partial charge in [-0.05, 0) is 38.4 Å². The first kappa shape index (κ1) is 10.5. The van der Waals surface area contributed by atoms with Gasteiger partial charge in [0.1, 0.15) is 0 Å². The average Bonchev–Trinajstić information content (AvgIpc) is 2.54. The third-order valence-electron chi connectivity index (χ3n) is 3.58. The van der Waals surface area contributed by atoms with Crippen molar-refractivity contribution < 1.29 is 0 Å². The lowest BCUT2D eigenvalue weighted by Gasteiger charge is -2.23. The fourth-order valence-electron chi connectivity index (χ4n) is 2.39. The number of anilines is 1. The summed E-state index contributed by atoms with van der Waals surface area (Å²) in [4.78, 5) is 2.40. The maximum atomic E-state index is 3.32. The lowest BCUT2D eigenvalue weighted by Crippen LogP contribution is -2.25. The Labute approximate surface area is 92.3 Å². The van der Waals surface area contributed by atoms with Crippen molar-refractivity contribution >= 4 is 5.69 Å².